The molecule has 14 heavy (non-hydrogen) atoms. The first-order valence-corrected chi connectivity index (χ1v) is 4.40. The summed E-state index contributed by atoms with van der Waals surface area (Å²) < 4.78 is 13.1. The van der Waals surface area contributed by atoms with Crippen LogP contribution in [-0.4, -0.2) is 11.9 Å². The van der Waals surface area contributed by atoms with Gasteiger partial charge >= 0.3 is 0 Å². The van der Waals surface area contributed by atoms with Crippen LogP contribution in [0.2, 0.25) is 5.02 Å². The second kappa shape index (κ2) is 4.39. The fraction of sp³-hybridized carbons (Fsp3) is 0.222. The van der Waals surface area contributed by atoms with Gasteiger partial charge in [-0.05, 0) is 25.1 Å². The minimum Gasteiger partial charge on any atom is -0.322 e. The van der Waals surface area contributed by atoms with Crippen molar-refractivity contribution in [3.05, 3.63) is 29.0 Å². The molecule has 0 aliphatic rings. The molecule has 3 nitrogen and oxygen atoms in total. The molecule has 0 aromatic heterocycles. The van der Waals surface area contributed by atoms with Crippen LogP contribution in [0, 0.1) is 5.82 Å². The van der Waals surface area contributed by atoms with E-state index in [4.69, 9.17) is 17.3 Å². The van der Waals surface area contributed by atoms with Crippen molar-refractivity contribution in [1.82, 2.24) is 0 Å². The number of nitrogens with two attached hydrogens (primary N) is 1. The highest BCUT2D eigenvalue weighted by Gasteiger charge is 2.10. The zero-order valence-electron chi connectivity index (χ0n) is 7.55. The maximum absolute atomic E-state index is 13.1. The maximum Gasteiger partial charge on any atom is 0.241 e. The first-order chi connectivity index (χ1) is 6.50. The quantitative estimate of drug-likeness (QED) is 0.792. The molecule has 0 radical (unpaired) electrons. The number of carbonyl (C=O) groups excluding carboxylic acids is 1. The van der Waals surface area contributed by atoms with Crippen molar-refractivity contribution in [3.8, 4) is 0 Å². The summed E-state index contributed by atoms with van der Waals surface area (Å²) in [6.45, 7) is 1.51. The molecule has 0 aliphatic heterocycles. The van der Waals surface area contributed by atoms with Crippen molar-refractivity contribution in [3.63, 3.8) is 0 Å². The molecule has 3 N–H and O–H groups in total. The molecule has 1 rings (SSSR count). The summed E-state index contributed by atoms with van der Waals surface area (Å²) in [7, 11) is 0. The van der Waals surface area contributed by atoms with E-state index in [0.29, 0.717) is 5.02 Å². The van der Waals surface area contributed by atoms with Crippen LogP contribution in [0.5, 0.6) is 0 Å². The topological polar surface area (TPSA) is 55.1 Å². The number of halogens is 2. The standard InChI is InChI=1S/C9H10ClFN2O/c1-5(12)9(14)13-8-4-6(10)2-3-7(8)11/h2-5H,12H2,1H3,(H,13,14)/t5-/m1/s1. The van der Waals surface area contributed by atoms with E-state index < -0.39 is 17.8 Å². The van der Waals surface area contributed by atoms with Crippen LogP contribution >= 0.6 is 11.6 Å². The van der Waals surface area contributed by atoms with Gasteiger partial charge in [-0.2, -0.15) is 0 Å². The van der Waals surface area contributed by atoms with E-state index >= 15 is 0 Å². The molecule has 1 aromatic rings. The monoisotopic (exact) mass is 216 g/mol. The summed E-state index contributed by atoms with van der Waals surface area (Å²) in [6.07, 6.45) is 0. The molecular formula is C9H10ClFN2O. The Morgan fingerprint density at radius 1 is 1.64 bits per heavy atom. The molecule has 0 saturated carbocycles. The summed E-state index contributed by atoms with van der Waals surface area (Å²) in [5.41, 5.74) is 5.35. The number of carbonyl (C=O) groups is 1. The molecule has 0 aliphatic carbocycles. The first-order valence-electron chi connectivity index (χ1n) is 4.02. The molecule has 0 saturated heterocycles. The Labute approximate surface area is 86.0 Å². The Hall–Kier alpha value is -1.13. The number of nitrogens with one attached hydrogen (secondary N) is 1. The molecule has 0 unspecified atom stereocenters. The lowest BCUT2D eigenvalue weighted by Crippen LogP contribution is -2.32. The molecule has 1 aromatic carbocycles. The van der Waals surface area contributed by atoms with E-state index in [1.165, 1.54) is 25.1 Å². The van der Waals surface area contributed by atoms with Crippen molar-refractivity contribution >= 4 is 23.2 Å². The fourth-order valence-electron chi connectivity index (χ4n) is 0.840. The molecule has 0 spiro atoms. The van der Waals surface area contributed by atoms with Crippen LogP contribution in [0.25, 0.3) is 0 Å². The van der Waals surface area contributed by atoms with Gasteiger partial charge in [0.2, 0.25) is 5.91 Å². The Morgan fingerprint density at radius 3 is 2.86 bits per heavy atom. The van der Waals surface area contributed by atoms with Crippen LogP contribution in [-0.2, 0) is 4.79 Å². The second-order valence-corrected chi connectivity index (χ2v) is 3.34. The maximum atomic E-state index is 13.1. The van der Waals surface area contributed by atoms with Crippen molar-refractivity contribution in [1.29, 1.82) is 0 Å². The third-order valence-corrected chi connectivity index (χ3v) is 1.83. The van der Waals surface area contributed by atoms with E-state index in [1.54, 1.807) is 0 Å². The highest BCUT2D eigenvalue weighted by Crippen LogP contribution is 2.19. The largest absolute Gasteiger partial charge is 0.322 e. The summed E-state index contributed by atoms with van der Waals surface area (Å²) >= 11 is 5.63. The third-order valence-electron chi connectivity index (χ3n) is 1.60. The molecule has 5 heteroatoms. The van der Waals surface area contributed by atoms with Crippen molar-refractivity contribution in [2.24, 2.45) is 5.73 Å². The number of rotatable bonds is 2. The summed E-state index contributed by atoms with van der Waals surface area (Å²) in [4.78, 5) is 11.1. The van der Waals surface area contributed by atoms with Gasteiger partial charge in [0.15, 0.2) is 0 Å². The Balaban J connectivity index is 2.86. The lowest BCUT2D eigenvalue weighted by molar-refractivity contribution is -0.117. The van der Waals surface area contributed by atoms with Crippen LogP contribution in [0.1, 0.15) is 6.92 Å². The van der Waals surface area contributed by atoms with Crippen LogP contribution in [0.15, 0.2) is 18.2 Å². The Kier molecular flexibility index (Phi) is 3.43. The lowest BCUT2D eigenvalue weighted by Gasteiger charge is -2.08. The predicted molar refractivity (Wildman–Crippen MR) is 53.7 cm³/mol. The molecule has 0 heterocycles. The molecule has 76 valence electrons. The van der Waals surface area contributed by atoms with Crippen molar-refractivity contribution in [2.45, 2.75) is 13.0 Å². The van der Waals surface area contributed by atoms with Gasteiger partial charge < -0.3 is 11.1 Å². The Bertz CT molecular complexity index is 355. The van der Waals surface area contributed by atoms with Crippen LogP contribution < -0.4 is 11.1 Å². The van der Waals surface area contributed by atoms with E-state index in [2.05, 4.69) is 5.32 Å². The molecule has 1 amide bonds. The average molecular weight is 217 g/mol. The van der Waals surface area contributed by atoms with E-state index in [-0.39, 0.29) is 5.69 Å². The third kappa shape index (κ3) is 2.68. The zero-order valence-corrected chi connectivity index (χ0v) is 8.31. The minimum atomic E-state index is -0.687. The van der Waals surface area contributed by atoms with Crippen molar-refractivity contribution in [2.75, 3.05) is 5.32 Å². The summed E-state index contributed by atoms with van der Waals surface area (Å²) in [5.74, 6) is -0.991. The summed E-state index contributed by atoms with van der Waals surface area (Å²) in [6, 6.07) is 3.22. The van der Waals surface area contributed by atoms with Gasteiger partial charge in [-0.25, -0.2) is 4.39 Å². The number of hydrogen-bond donors (Lipinski definition) is 2. The van der Waals surface area contributed by atoms with Crippen LogP contribution in [0.3, 0.4) is 0 Å². The molecule has 0 fully saturated rings. The van der Waals surface area contributed by atoms with E-state index in [9.17, 15) is 9.18 Å². The lowest BCUT2D eigenvalue weighted by atomic mass is 10.2. The van der Waals surface area contributed by atoms with Gasteiger partial charge in [-0.3, -0.25) is 4.79 Å². The number of anilines is 1. The van der Waals surface area contributed by atoms with Gasteiger partial charge in [0.1, 0.15) is 5.82 Å². The molecule has 0 bridgehead atoms. The smallest absolute Gasteiger partial charge is 0.241 e. The number of hydrogen-bond acceptors (Lipinski definition) is 2. The average Bonchev–Trinajstić information content (AvgIpc) is 2.11. The molecular weight excluding hydrogens is 207 g/mol. The zero-order chi connectivity index (χ0) is 10.7. The first kappa shape index (κ1) is 10.9. The second-order valence-electron chi connectivity index (χ2n) is 2.90. The SMILES string of the molecule is C[C@@H](N)C(=O)Nc1cc(Cl)ccc1F. The predicted octanol–water partition coefficient (Wildman–Crippen LogP) is 1.76. The normalized spacial score (nSPS) is 12.3. The minimum absolute atomic E-state index is 0.0415. The highest BCUT2D eigenvalue weighted by molar-refractivity contribution is 6.30. The highest BCUT2D eigenvalue weighted by atomic mass is 35.5. The molecule has 1 atom stereocenters. The van der Waals surface area contributed by atoms with Gasteiger partial charge in [0, 0.05) is 5.02 Å². The number of amides is 1. The van der Waals surface area contributed by atoms with Gasteiger partial charge in [0.25, 0.3) is 0 Å². The van der Waals surface area contributed by atoms with Crippen molar-refractivity contribution < 1.29 is 9.18 Å². The van der Waals surface area contributed by atoms with Gasteiger partial charge in [-0.15, -0.1) is 0 Å². The van der Waals surface area contributed by atoms with Gasteiger partial charge in [0.05, 0.1) is 11.7 Å². The number of benzene rings is 1. The van der Waals surface area contributed by atoms with E-state index in [1.807, 2.05) is 0 Å². The van der Waals surface area contributed by atoms with Crippen LogP contribution in [0.4, 0.5) is 10.1 Å². The van der Waals surface area contributed by atoms with Gasteiger partial charge in [-0.1, -0.05) is 11.6 Å². The van der Waals surface area contributed by atoms with E-state index in [0.717, 1.165) is 0 Å². The summed E-state index contributed by atoms with van der Waals surface area (Å²) in [5, 5.41) is 2.68. The fourth-order valence-corrected chi connectivity index (χ4v) is 1.01. The Morgan fingerprint density at radius 2 is 2.29 bits per heavy atom.